The van der Waals surface area contributed by atoms with Gasteiger partial charge in [0, 0.05) is 0 Å². The summed E-state index contributed by atoms with van der Waals surface area (Å²) in [5, 5.41) is 8.61. The molecular formula is C10H21NO2. The maximum Gasteiger partial charge on any atom is 0.306 e. The van der Waals surface area contributed by atoms with E-state index in [9.17, 15) is 4.79 Å². The first-order valence-corrected chi connectivity index (χ1v) is 5.03. The molecule has 1 fully saturated rings. The molecule has 0 aromatic carbocycles. The molecule has 1 heterocycles. The Labute approximate surface area is 80.7 Å². The minimum absolute atomic E-state index is 0.0869. The second-order valence-electron chi connectivity index (χ2n) is 3.62. The van der Waals surface area contributed by atoms with E-state index in [2.05, 4.69) is 18.7 Å². The lowest BCUT2D eigenvalue weighted by Crippen LogP contribution is -2.33. The Bertz CT molecular complexity index is 140. The Morgan fingerprint density at radius 2 is 1.77 bits per heavy atom. The van der Waals surface area contributed by atoms with E-state index in [-0.39, 0.29) is 5.92 Å². The lowest BCUT2D eigenvalue weighted by molar-refractivity contribution is -0.143. The minimum atomic E-state index is -0.631. The van der Waals surface area contributed by atoms with Gasteiger partial charge < -0.3 is 10.0 Å². The van der Waals surface area contributed by atoms with Gasteiger partial charge in [0.15, 0.2) is 0 Å². The smallest absolute Gasteiger partial charge is 0.306 e. The van der Waals surface area contributed by atoms with E-state index >= 15 is 0 Å². The minimum Gasteiger partial charge on any atom is -0.481 e. The van der Waals surface area contributed by atoms with E-state index in [1.807, 2.05) is 7.05 Å². The van der Waals surface area contributed by atoms with Gasteiger partial charge in [-0.25, -0.2) is 0 Å². The van der Waals surface area contributed by atoms with Gasteiger partial charge in [-0.15, -0.1) is 0 Å². The Kier molecular flexibility index (Phi) is 6.59. The molecule has 3 heteroatoms. The first-order valence-electron chi connectivity index (χ1n) is 5.03. The summed E-state index contributed by atoms with van der Waals surface area (Å²) >= 11 is 0. The van der Waals surface area contributed by atoms with Crippen molar-refractivity contribution in [3.05, 3.63) is 0 Å². The number of carboxylic acid groups (broad SMARTS) is 1. The lowest BCUT2D eigenvalue weighted by Gasteiger charge is -2.25. The molecular weight excluding hydrogens is 166 g/mol. The van der Waals surface area contributed by atoms with Gasteiger partial charge in [-0.3, -0.25) is 4.79 Å². The molecule has 1 N–H and O–H groups in total. The summed E-state index contributed by atoms with van der Waals surface area (Å²) in [5.41, 5.74) is 0. The van der Waals surface area contributed by atoms with Crippen molar-refractivity contribution in [3.63, 3.8) is 0 Å². The average molecular weight is 187 g/mol. The molecule has 0 radical (unpaired) electrons. The van der Waals surface area contributed by atoms with E-state index in [0.717, 1.165) is 25.9 Å². The largest absolute Gasteiger partial charge is 0.481 e. The summed E-state index contributed by atoms with van der Waals surface area (Å²) < 4.78 is 0. The molecule has 1 aliphatic rings. The molecule has 0 bridgehead atoms. The molecule has 78 valence electrons. The fraction of sp³-hybridized carbons (Fsp3) is 0.900. The van der Waals surface area contributed by atoms with Gasteiger partial charge in [0.2, 0.25) is 0 Å². The number of piperidine rings is 1. The van der Waals surface area contributed by atoms with Crippen molar-refractivity contribution in [2.75, 3.05) is 20.1 Å². The molecule has 1 rings (SSSR count). The molecule has 0 spiro atoms. The Morgan fingerprint density at radius 1 is 1.38 bits per heavy atom. The first-order chi connectivity index (χ1) is 6.11. The van der Waals surface area contributed by atoms with Gasteiger partial charge in [-0.1, -0.05) is 20.3 Å². The zero-order valence-corrected chi connectivity index (χ0v) is 8.92. The molecule has 0 aliphatic carbocycles. The fourth-order valence-corrected chi connectivity index (χ4v) is 1.26. The maximum absolute atomic E-state index is 10.4. The van der Waals surface area contributed by atoms with Crippen molar-refractivity contribution in [2.45, 2.75) is 33.1 Å². The lowest BCUT2D eigenvalue weighted by atomic mass is 9.98. The number of nitrogens with zero attached hydrogens (tertiary/aromatic N) is 1. The van der Waals surface area contributed by atoms with Crippen LogP contribution in [0.3, 0.4) is 0 Å². The van der Waals surface area contributed by atoms with Gasteiger partial charge in [-0.2, -0.15) is 0 Å². The van der Waals surface area contributed by atoms with Crippen LogP contribution in [0.1, 0.15) is 33.1 Å². The van der Waals surface area contributed by atoms with Gasteiger partial charge in [0.25, 0.3) is 0 Å². The molecule has 1 aliphatic heterocycles. The third kappa shape index (κ3) is 5.64. The third-order valence-corrected chi connectivity index (χ3v) is 2.07. The third-order valence-electron chi connectivity index (χ3n) is 2.07. The Balaban J connectivity index is 0.000000424. The number of likely N-dealkylation sites (tertiary alicyclic amines) is 1. The van der Waals surface area contributed by atoms with Crippen LogP contribution in [-0.2, 0) is 4.79 Å². The summed E-state index contributed by atoms with van der Waals surface area (Å²) in [5.74, 6) is -0.718. The molecule has 0 aromatic heterocycles. The van der Waals surface area contributed by atoms with Gasteiger partial charge in [-0.05, 0) is 33.0 Å². The van der Waals surface area contributed by atoms with Crippen molar-refractivity contribution in [1.82, 2.24) is 4.90 Å². The highest BCUT2D eigenvalue weighted by atomic mass is 16.4. The van der Waals surface area contributed by atoms with Gasteiger partial charge in [0.05, 0.1) is 5.92 Å². The maximum atomic E-state index is 10.4. The zero-order valence-electron chi connectivity index (χ0n) is 8.92. The summed E-state index contributed by atoms with van der Waals surface area (Å²) in [6.07, 6.45) is 2.87. The summed E-state index contributed by atoms with van der Waals surface area (Å²) in [6, 6.07) is 0. The van der Waals surface area contributed by atoms with Crippen LogP contribution in [0.2, 0.25) is 0 Å². The highest BCUT2D eigenvalue weighted by Gasteiger charge is 2.21. The SMILES string of the molecule is CCC.CN1CCC(C(=O)O)CC1. The van der Waals surface area contributed by atoms with Crippen molar-refractivity contribution in [2.24, 2.45) is 5.92 Å². The van der Waals surface area contributed by atoms with E-state index in [1.165, 1.54) is 6.42 Å². The molecule has 0 saturated carbocycles. The van der Waals surface area contributed by atoms with E-state index in [1.54, 1.807) is 0 Å². The number of aliphatic carboxylic acids is 1. The topological polar surface area (TPSA) is 40.5 Å². The van der Waals surface area contributed by atoms with Crippen LogP contribution in [0.5, 0.6) is 0 Å². The van der Waals surface area contributed by atoms with Gasteiger partial charge >= 0.3 is 5.97 Å². The highest BCUT2D eigenvalue weighted by Crippen LogP contribution is 2.15. The monoisotopic (exact) mass is 187 g/mol. The molecule has 13 heavy (non-hydrogen) atoms. The van der Waals surface area contributed by atoms with Crippen LogP contribution in [0.25, 0.3) is 0 Å². The Hall–Kier alpha value is -0.570. The molecule has 1 saturated heterocycles. The predicted molar refractivity (Wildman–Crippen MR) is 53.8 cm³/mol. The van der Waals surface area contributed by atoms with E-state index < -0.39 is 5.97 Å². The molecule has 0 unspecified atom stereocenters. The normalized spacial score (nSPS) is 19.0. The number of hydrogen-bond donors (Lipinski definition) is 1. The van der Waals surface area contributed by atoms with Crippen molar-refractivity contribution < 1.29 is 9.90 Å². The second-order valence-corrected chi connectivity index (χ2v) is 3.62. The van der Waals surface area contributed by atoms with Crippen LogP contribution in [-0.4, -0.2) is 36.1 Å². The number of rotatable bonds is 1. The summed E-state index contributed by atoms with van der Waals surface area (Å²) in [6.45, 7) is 6.11. The van der Waals surface area contributed by atoms with E-state index in [4.69, 9.17) is 5.11 Å². The highest BCUT2D eigenvalue weighted by molar-refractivity contribution is 5.70. The zero-order chi connectivity index (χ0) is 10.3. The second kappa shape index (κ2) is 6.89. The van der Waals surface area contributed by atoms with Crippen molar-refractivity contribution >= 4 is 5.97 Å². The average Bonchev–Trinajstić information content (AvgIpc) is 2.06. The van der Waals surface area contributed by atoms with Crippen LogP contribution in [0.15, 0.2) is 0 Å². The number of carbonyl (C=O) groups is 1. The quantitative estimate of drug-likeness (QED) is 0.681. The van der Waals surface area contributed by atoms with Crippen molar-refractivity contribution in [1.29, 1.82) is 0 Å². The van der Waals surface area contributed by atoms with Gasteiger partial charge in [0.1, 0.15) is 0 Å². The number of carboxylic acids is 1. The van der Waals surface area contributed by atoms with Crippen LogP contribution in [0.4, 0.5) is 0 Å². The molecule has 0 atom stereocenters. The summed E-state index contributed by atoms with van der Waals surface area (Å²) in [7, 11) is 2.03. The van der Waals surface area contributed by atoms with Crippen LogP contribution < -0.4 is 0 Å². The van der Waals surface area contributed by atoms with Crippen LogP contribution in [0, 0.1) is 5.92 Å². The Morgan fingerprint density at radius 3 is 2.08 bits per heavy atom. The van der Waals surface area contributed by atoms with E-state index in [0.29, 0.717) is 0 Å². The number of hydrogen-bond acceptors (Lipinski definition) is 2. The predicted octanol–water partition coefficient (Wildman–Crippen LogP) is 1.83. The summed E-state index contributed by atoms with van der Waals surface area (Å²) in [4.78, 5) is 12.6. The molecule has 0 aromatic rings. The van der Waals surface area contributed by atoms with Crippen molar-refractivity contribution in [3.8, 4) is 0 Å². The van der Waals surface area contributed by atoms with Crippen LogP contribution >= 0.6 is 0 Å². The fourth-order valence-electron chi connectivity index (χ4n) is 1.26. The first kappa shape index (κ1) is 12.4. The molecule has 0 amide bonds. The molecule has 3 nitrogen and oxygen atoms in total. The standard InChI is InChI=1S/C7H13NO2.C3H8/c1-8-4-2-6(3-5-8)7(9)10;1-3-2/h6H,2-5H2,1H3,(H,9,10);3H2,1-2H3.